The summed E-state index contributed by atoms with van der Waals surface area (Å²) in [6, 6.07) is 1.51. The van der Waals surface area contributed by atoms with Gasteiger partial charge in [0, 0.05) is 26.2 Å². The molecule has 4 heterocycles. The Balaban J connectivity index is 1.31. The molecule has 4 rings (SSSR count). The van der Waals surface area contributed by atoms with Crippen LogP contribution in [0, 0.1) is 6.92 Å². The summed E-state index contributed by atoms with van der Waals surface area (Å²) in [5.41, 5.74) is 1.31. The van der Waals surface area contributed by atoms with Gasteiger partial charge in [-0.15, -0.1) is 0 Å². The van der Waals surface area contributed by atoms with E-state index >= 15 is 0 Å². The van der Waals surface area contributed by atoms with Crippen molar-refractivity contribution in [3.63, 3.8) is 0 Å². The van der Waals surface area contributed by atoms with Crippen LogP contribution in [0.25, 0.3) is 4.96 Å². The molecule has 142 valence electrons. The SMILES string of the molecule is Cc1nn2cc(CNC(=O)N3CCCN(C(=O)c4ccoc4)CC3)nc2s1. The third kappa shape index (κ3) is 3.80. The molecule has 1 N–H and O–H groups in total. The number of aryl methyl sites for hydroxylation is 1. The Kier molecular flexibility index (Phi) is 4.80. The molecule has 1 fully saturated rings. The number of aromatic nitrogens is 3. The summed E-state index contributed by atoms with van der Waals surface area (Å²) < 4.78 is 6.71. The van der Waals surface area contributed by atoms with Gasteiger partial charge in [-0.3, -0.25) is 4.79 Å². The normalized spacial score (nSPS) is 15.1. The Morgan fingerprint density at radius 2 is 2.07 bits per heavy atom. The third-order valence-electron chi connectivity index (χ3n) is 4.45. The first-order valence-electron chi connectivity index (χ1n) is 8.76. The molecule has 9 nitrogen and oxygen atoms in total. The average Bonchev–Trinajstić information content (AvgIpc) is 3.32. The van der Waals surface area contributed by atoms with Crippen molar-refractivity contribution in [3.05, 3.63) is 41.1 Å². The van der Waals surface area contributed by atoms with Gasteiger partial charge in [-0.05, 0) is 19.4 Å². The van der Waals surface area contributed by atoms with Crippen molar-refractivity contribution in [1.29, 1.82) is 0 Å². The molecule has 0 bridgehead atoms. The van der Waals surface area contributed by atoms with Gasteiger partial charge in [0.15, 0.2) is 0 Å². The van der Waals surface area contributed by atoms with E-state index in [1.54, 1.807) is 20.4 Å². The van der Waals surface area contributed by atoms with Crippen molar-refractivity contribution in [2.45, 2.75) is 19.9 Å². The molecule has 0 aliphatic carbocycles. The van der Waals surface area contributed by atoms with Crippen LogP contribution in [-0.2, 0) is 6.54 Å². The molecule has 3 aromatic heterocycles. The van der Waals surface area contributed by atoms with Gasteiger partial charge in [0.1, 0.15) is 11.3 Å². The molecule has 27 heavy (non-hydrogen) atoms. The minimum Gasteiger partial charge on any atom is -0.472 e. The number of carbonyl (C=O) groups excluding carboxylic acids is 2. The molecule has 1 aliphatic heterocycles. The maximum absolute atomic E-state index is 12.5. The first-order valence-corrected chi connectivity index (χ1v) is 9.58. The lowest BCUT2D eigenvalue weighted by Gasteiger charge is -2.22. The quantitative estimate of drug-likeness (QED) is 0.737. The first-order chi connectivity index (χ1) is 13.1. The average molecular weight is 388 g/mol. The zero-order valence-electron chi connectivity index (χ0n) is 14.9. The topological polar surface area (TPSA) is 96.0 Å². The molecule has 3 amide bonds. The Hall–Kier alpha value is -2.88. The fourth-order valence-corrected chi connectivity index (χ4v) is 3.84. The van der Waals surface area contributed by atoms with E-state index in [1.807, 2.05) is 13.1 Å². The molecule has 1 saturated heterocycles. The zero-order chi connectivity index (χ0) is 18.8. The van der Waals surface area contributed by atoms with Crippen LogP contribution in [0.1, 0.15) is 27.5 Å². The number of nitrogens with zero attached hydrogens (tertiary/aromatic N) is 5. The minimum absolute atomic E-state index is 0.0631. The number of hydrogen-bond donors (Lipinski definition) is 1. The van der Waals surface area contributed by atoms with Crippen LogP contribution in [0.3, 0.4) is 0 Å². The van der Waals surface area contributed by atoms with Gasteiger partial charge in [0.2, 0.25) is 4.96 Å². The number of nitrogens with one attached hydrogen (secondary N) is 1. The maximum Gasteiger partial charge on any atom is 0.317 e. The van der Waals surface area contributed by atoms with Crippen molar-refractivity contribution in [2.75, 3.05) is 26.2 Å². The second-order valence-electron chi connectivity index (χ2n) is 6.38. The lowest BCUT2D eigenvalue weighted by Crippen LogP contribution is -2.42. The van der Waals surface area contributed by atoms with Crippen LogP contribution in [0.2, 0.25) is 0 Å². The van der Waals surface area contributed by atoms with Gasteiger partial charge in [-0.1, -0.05) is 11.3 Å². The molecule has 0 radical (unpaired) electrons. The number of hydrogen-bond acceptors (Lipinski definition) is 6. The molecule has 0 atom stereocenters. The fourth-order valence-electron chi connectivity index (χ4n) is 3.10. The molecule has 0 saturated carbocycles. The molecule has 3 aromatic rings. The number of carbonyl (C=O) groups is 2. The number of furan rings is 1. The van der Waals surface area contributed by atoms with Gasteiger partial charge < -0.3 is 19.5 Å². The van der Waals surface area contributed by atoms with Gasteiger partial charge >= 0.3 is 6.03 Å². The fraction of sp³-hybridized carbons (Fsp3) is 0.412. The second-order valence-corrected chi connectivity index (χ2v) is 7.54. The Morgan fingerprint density at radius 1 is 1.26 bits per heavy atom. The van der Waals surface area contributed by atoms with Crippen LogP contribution >= 0.6 is 11.3 Å². The van der Waals surface area contributed by atoms with E-state index in [0.717, 1.165) is 22.1 Å². The van der Waals surface area contributed by atoms with E-state index in [4.69, 9.17) is 4.42 Å². The van der Waals surface area contributed by atoms with E-state index < -0.39 is 0 Å². The molecular weight excluding hydrogens is 368 g/mol. The Bertz CT molecular complexity index is 916. The predicted octanol–water partition coefficient (Wildman–Crippen LogP) is 1.75. The summed E-state index contributed by atoms with van der Waals surface area (Å²) in [5, 5.41) is 8.17. The zero-order valence-corrected chi connectivity index (χ0v) is 15.7. The standard InChI is InChI=1S/C17H20N6O3S/c1-12-20-23-10-14(19-17(23)27-12)9-18-16(25)22-5-2-4-21(6-7-22)15(24)13-3-8-26-11-13/h3,8,10-11H,2,4-7,9H2,1H3,(H,18,25). The number of amides is 3. The largest absolute Gasteiger partial charge is 0.472 e. The summed E-state index contributed by atoms with van der Waals surface area (Å²) in [5.74, 6) is -0.0631. The molecule has 0 spiro atoms. The first kappa shape index (κ1) is 17.5. The van der Waals surface area contributed by atoms with E-state index in [2.05, 4.69) is 15.4 Å². The van der Waals surface area contributed by atoms with Crippen molar-refractivity contribution in [1.82, 2.24) is 29.7 Å². The van der Waals surface area contributed by atoms with Gasteiger partial charge in [-0.25, -0.2) is 14.3 Å². The molecular formula is C17H20N6O3S. The highest BCUT2D eigenvalue weighted by Gasteiger charge is 2.23. The third-order valence-corrected chi connectivity index (χ3v) is 5.29. The van der Waals surface area contributed by atoms with E-state index in [-0.39, 0.29) is 11.9 Å². The maximum atomic E-state index is 12.5. The molecule has 10 heteroatoms. The van der Waals surface area contributed by atoms with Crippen molar-refractivity contribution >= 4 is 28.2 Å². The van der Waals surface area contributed by atoms with E-state index in [1.165, 1.54) is 23.9 Å². The van der Waals surface area contributed by atoms with Crippen molar-refractivity contribution in [3.8, 4) is 0 Å². The molecule has 1 aliphatic rings. The molecule has 0 unspecified atom stereocenters. The minimum atomic E-state index is -0.145. The monoisotopic (exact) mass is 388 g/mol. The lowest BCUT2D eigenvalue weighted by molar-refractivity contribution is 0.0761. The number of urea groups is 1. The van der Waals surface area contributed by atoms with E-state index in [0.29, 0.717) is 38.3 Å². The van der Waals surface area contributed by atoms with E-state index in [9.17, 15) is 9.59 Å². The highest BCUT2D eigenvalue weighted by atomic mass is 32.1. The van der Waals surface area contributed by atoms with Crippen LogP contribution in [0.4, 0.5) is 4.79 Å². The van der Waals surface area contributed by atoms with Gasteiger partial charge in [0.05, 0.1) is 30.3 Å². The number of rotatable bonds is 3. The predicted molar refractivity (Wildman–Crippen MR) is 98.6 cm³/mol. The summed E-state index contributed by atoms with van der Waals surface area (Å²) in [4.78, 5) is 33.7. The summed E-state index contributed by atoms with van der Waals surface area (Å²) in [6.45, 7) is 4.51. The van der Waals surface area contributed by atoms with Crippen molar-refractivity contribution in [2.24, 2.45) is 0 Å². The van der Waals surface area contributed by atoms with Crippen LogP contribution in [0.15, 0.2) is 29.2 Å². The summed E-state index contributed by atoms with van der Waals surface area (Å²) in [7, 11) is 0. The lowest BCUT2D eigenvalue weighted by atomic mass is 10.3. The highest BCUT2D eigenvalue weighted by molar-refractivity contribution is 7.16. The number of imidazole rings is 1. The van der Waals surface area contributed by atoms with Gasteiger partial charge in [0.25, 0.3) is 5.91 Å². The smallest absolute Gasteiger partial charge is 0.317 e. The second kappa shape index (κ2) is 7.39. The summed E-state index contributed by atoms with van der Waals surface area (Å²) in [6.07, 6.45) is 5.50. The summed E-state index contributed by atoms with van der Waals surface area (Å²) >= 11 is 1.51. The van der Waals surface area contributed by atoms with Crippen LogP contribution < -0.4 is 5.32 Å². The Morgan fingerprint density at radius 3 is 2.85 bits per heavy atom. The number of fused-ring (bicyclic) bond motifs is 1. The van der Waals surface area contributed by atoms with Gasteiger partial charge in [-0.2, -0.15) is 5.10 Å². The highest BCUT2D eigenvalue weighted by Crippen LogP contribution is 2.14. The Labute approximate surface area is 159 Å². The van der Waals surface area contributed by atoms with Crippen molar-refractivity contribution < 1.29 is 14.0 Å². The van der Waals surface area contributed by atoms with Crippen LogP contribution in [0.5, 0.6) is 0 Å². The van der Waals surface area contributed by atoms with Crippen LogP contribution in [-0.4, -0.2) is 62.5 Å². The molecule has 0 aromatic carbocycles.